The van der Waals surface area contributed by atoms with Crippen molar-refractivity contribution in [2.24, 2.45) is 5.92 Å². The van der Waals surface area contributed by atoms with Gasteiger partial charge in [-0.15, -0.1) is 0 Å². The van der Waals surface area contributed by atoms with Crippen LogP contribution in [0.25, 0.3) is 0 Å². The van der Waals surface area contributed by atoms with E-state index >= 15 is 0 Å². The Morgan fingerprint density at radius 2 is 2.10 bits per heavy atom. The summed E-state index contributed by atoms with van der Waals surface area (Å²) in [5.41, 5.74) is 1.45. The summed E-state index contributed by atoms with van der Waals surface area (Å²) in [6.45, 7) is 1.55. The van der Waals surface area contributed by atoms with Gasteiger partial charge in [0.25, 0.3) is 0 Å². The molecule has 0 unspecified atom stereocenters. The Morgan fingerprint density at radius 3 is 2.79 bits per heavy atom. The molecule has 3 heterocycles. The Labute approximate surface area is 168 Å². The highest BCUT2D eigenvalue weighted by molar-refractivity contribution is 7.91. The zero-order valence-corrected chi connectivity index (χ0v) is 16.7. The molecule has 3 aliphatic heterocycles. The molecule has 0 spiro atoms. The lowest BCUT2D eigenvalue weighted by Crippen LogP contribution is -2.38. The third-order valence-corrected chi connectivity index (χ3v) is 7.34. The van der Waals surface area contributed by atoms with E-state index in [0.717, 1.165) is 5.56 Å². The van der Waals surface area contributed by atoms with Gasteiger partial charge in [0.05, 0.1) is 24.0 Å². The third kappa shape index (κ3) is 4.36. The number of likely N-dealkylation sites (tertiary alicyclic amines) is 1. The summed E-state index contributed by atoms with van der Waals surface area (Å²) in [6.07, 6.45) is 0.170. The van der Waals surface area contributed by atoms with Gasteiger partial charge in [0, 0.05) is 31.2 Å². The van der Waals surface area contributed by atoms with Crippen LogP contribution in [0.1, 0.15) is 18.4 Å². The second kappa shape index (κ2) is 7.66. The van der Waals surface area contributed by atoms with E-state index in [0.29, 0.717) is 31.8 Å². The maximum absolute atomic E-state index is 12.7. The number of hydrogen-bond donors (Lipinski definition) is 1. The van der Waals surface area contributed by atoms with Crippen LogP contribution in [0.3, 0.4) is 0 Å². The van der Waals surface area contributed by atoms with Crippen molar-refractivity contribution in [3.05, 3.63) is 29.8 Å². The summed E-state index contributed by atoms with van der Waals surface area (Å²) in [6, 6.07) is 6.88. The quantitative estimate of drug-likeness (QED) is 0.745. The molecule has 29 heavy (non-hydrogen) atoms. The predicted octanol–water partition coefficient (Wildman–Crippen LogP) is 0.613. The minimum atomic E-state index is -3.09. The van der Waals surface area contributed by atoms with Crippen molar-refractivity contribution in [1.82, 2.24) is 9.80 Å². The Kier molecular flexibility index (Phi) is 5.20. The average molecular weight is 421 g/mol. The van der Waals surface area contributed by atoms with Crippen molar-refractivity contribution in [2.45, 2.75) is 25.4 Å². The first-order chi connectivity index (χ1) is 13.8. The lowest BCUT2D eigenvalue weighted by molar-refractivity contribution is -0.129. The molecule has 3 saturated heterocycles. The highest BCUT2D eigenvalue weighted by Crippen LogP contribution is 2.27. The molecule has 0 aromatic heterocycles. The highest BCUT2D eigenvalue weighted by atomic mass is 32.2. The molecule has 9 nitrogen and oxygen atoms in total. The van der Waals surface area contributed by atoms with E-state index in [1.165, 1.54) is 0 Å². The van der Waals surface area contributed by atoms with Crippen molar-refractivity contribution in [3.63, 3.8) is 0 Å². The molecule has 0 bridgehead atoms. The topological polar surface area (TPSA) is 113 Å². The number of hydrogen-bond acceptors (Lipinski definition) is 6. The van der Waals surface area contributed by atoms with Gasteiger partial charge in [-0.25, -0.2) is 13.2 Å². The number of amides is 3. The molecule has 1 aromatic carbocycles. The van der Waals surface area contributed by atoms with Crippen molar-refractivity contribution in [2.75, 3.05) is 36.5 Å². The SMILES string of the molecule is O=C(Nc1cccc(CN2CCOC2=O)c1)[C@@H]1CC(=O)N([C@@H]2CCS(=O)(=O)C2)C1. The molecule has 0 aliphatic carbocycles. The van der Waals surface area contributed by atoms with E-state index in [4.69, 9.17) is 4.74 Å². The van der Waals surface area contributed by atoms with Crippen LogP contribution in [0.15, 0.2) is 24.3 Å². The molecule has 2 atom stereocenters. The molecule has 0 radical (unpaired) electrons. The second-order valence-electron chi connectivity index (χ2n) is 7.73. The van der Waals surface area contributed by atoms with Crippen LogP contribution in [0.2, 0.25) is 0 Å². The molecule has 10 heteroatoms. The molecule has 4 rings (SSSR count). The Morgan fingerprint density at radius 1 is 1.28 bits per heavy atom. The molecule has 3 fully saturated rings. The number of sulfone groups is 1. The molecule has 1 aromatic rings. The number of carbonyl (C=O) groups excluding carboxylic acids is 3. The lowest BCUT2D eigenvalue weighted by Gasteiger charge is -2.23. The average Bonchev–Trinajstić information content (AvgIpc) is 3.34. The Hall–Kier alpha value is -2.62. The van der Waals surface area contributed by atoms with Gasteiger partial charge in [0.1, 0.15) is 6.61 Å². The van der Waals surface area contributed by atoms with E-state index in [1.807, 2.05) is 6.07 Å². The lowest BCUT2D eigenvalue weighted by atomic mass is 10.1. The van der Waals surface area contributed by atoms with E-state index in [-0.39, 0.29) is 48.4 Å². The maximum atomic E-state index is 12.7. The fraction of sp³-hybridized carbons (Fsp3) is 0.526. The Balaban J connectivity index is 1.36. The summed E-state index contributed by atoms with van der Waals surface area (Å²) in [4.78, 5) is 39.7. The Bertz CT molecular complexity index is 947. The predicted molar refractivity (Wildman–Crippen MR) is 104 cm³/mol. The number of carbonyl (C=O) groups is 3. The van der Waals surface area contributed by atoms with E-state index in [9.17, 15) is 22.8 Å². The first-order valence-corrected chi connectivity index (χ1v) is 11.4. The van der Waals surface area contributed by atoms with Crippen molar-refractivity contribution < 1.29 is 27.5 Å². The number of ether oxygens (including phenoxy) is 1. The summed E-state index contributed by atoms with van der Waals surface area (Å²) in [7, 11) is -3.09. The number of rotatable bonds is 5. The second-order valence-corrected chi connectivity index (χ2v) is 9.96. The van der Waals surface area contributed by atoms with Crippen LogP contribution in [-0.4, -0.2) is 73.4 Å². The first-order valence-electron chi connectivity index (χ1n) is 9.62. The van der Waals surface area contributed by atoms with Crippen molar-refractivity contribution in [3.8, 4) is 0 Å². The molecule has 0 saturated carbocycles. The summed E-state index contributed by atoms with van der Waals surface area (Å²) in [5, 5.41) is 2.84. The molecule has 156 valence electrons. The van der Waals surface area contributed by atoms with Crippen LogP contribution in [-0.2, 0) is 30.7 Å². The highest BCUT2D eigenvalue weighted by Gasteiger charge is 2.41. The van der Waals surface area contributed by atoms with E-state index in [2.05, 4.69) is 5.32 Å². The van der Waals surface area contributed by atoms with Crippen LogP contribution in [0.5, 0.6) is 0 Å². The smallest absolute Gasteiger partial charge is 0.410 e. The molecular formula is C19H23N3O6S. The van der Waals surface area contributed by atoms with Gasteiger partial charge in [0.15, 0.2) is 9.84 Å². The number of benzene rings is 1. The van der Waals surface area contributed by atoms with Crippen LogP contribution < -0.4 is 5.32 Å². The molecule has 3 amide bonds. The standard InChI is InChI=1S/C19H23N3O6S/c23-17-9-14(11-22(17)16-4-7-29(26,27)12-16)18(24)20-15-3-1-2-13(8-15)10-21-5-6-28-19(21)25/h1-3,8,14,16H,4-7,9-12H2,(H,20,24)/t14-,16-/m1/s1. The van der Waals surface area contributed by atoms with Gasteiger partial charge >= 0.3 is 6.09 Å². The minimum absolute atomic E-state index is 0.0198. The zero-order valence-electron chi connectivity index (χ0n) is 15.9. The van der Waals surface area contributed by atoms with E-state index in [1.54, 1.807) is 28.0 Å². The first kappa shape index (κ1) is 19.7. The fourth-order valence-corrected chi connectivity index (χ4v) is 5.79. The summed E-state index contributed by atoms with van der Waals surface area (Å²) >= 11 is 0. The number of nitrogens with zero attached hydrogens (tertiary/aromatic N) is 2. The van der Waals surface area contributed by atoms with Gasteiger partial charge in [-0.3, -0.25) is 9.59 Å². The molecule has 1 N–H and O–H groups in total. The summed E-state index contributed by atoms with van der Waals surface area (Å²) < 4.78 is 28.3. The third-order valence-electron chi connectivity index (χ3n) is 5.59. The maximum Gasteiger partial charge on any atom is 0.410 e. The zero-order chi connectivity index (χ0) is 20.6. The number of anilines is 1. The fourth-order valence-electron chi connectivity index (χ4n) is 4.06. The number of nitrogens with one attached hydrogen (secondary N) is 1. The van der Waals surface area contributed by atoms with Crippen LogP contribution >= 0.6 is 0 Å². The summed E-state index contributed by atoms with van der Waals surface area (Å²) in [5.74, 6) is -0.875. The normalized spacial score (nSPS) is 26.1. The van der Waals surface area contributed by atoms with Gasteiger partial charge in [-0.1, -0.05) is 12.1 Å². The van der Waals surface area contributed by atoms with Crippen LogP contribution in [0.4, 0.5) is 10.5 Å². The van der Waals surface area contributed by atoms with Gasteiger partial charge in [-0.05, 0) is 24.1 Å². The van der Waals surface area contributed by atoms with Crippen molar-refractivity contribution in [1.29, 1.82) is 0 Å². The molecule has 3 aliphatic rings. The van der Waals surface area contributed by atoms with Gasteiger partial charge < -0.3 is 19.9 Å². The van der Waals surface area contributed by atoms with Gasteiger partial charge in [0.2, 0.25) is 11.8 Å². The number of cyclic esters (lactones) is 1. The minimum Gasteiger partial charge on any atom is -0.448 e. The van der Waals surface area contributed by atoms with Gasteiger partial charge in [-0.2, -0.15) is 0 Å². The van der Waals surface area contributed by atoms with Crippen molar-refractivity contribution >= 4 is 33.4 Å². The van der Waals surface area contributed by atoms with Crippen LogP contribution in [0, 0.1) is 5.92 Å². The monoisotopic (exact) mass is 421 g/mol. The van der Waals surface area contributed by atoms with E-state index < -0.39 is 15.8 Å². The molecular weight excluding hydrogens is 398 g/mol. The largest absolute Gasteiger partial charge is 0.448 e.